The Labute approximate surface area is 120 Å². The molecule has 1 aromatic carbocycles. The van der Waals surface area contributed by atoms with Crippen LogP contribution in [0.3, 0.4) is 0 Å². The molecule has 0 amide bonds. The molecule has 2 unspecified atom stereocenters. The highest BCUT2D eigenvalue weighted by Gasteiger charge is 2.27. The van der Waals surface area contributed by atoms with Gasteiger partial charge < -0.3 is 14.6 Å². The zero-order chi connectivity index (χ0) is 14.0. The first-order chi connectivity index (χ1) is 8.95. The summed E-state index contributed by atoms with van der Waals surface area (Å²) in [7, 11) is 0. The van der Waals surface area contributed by atoms with E-state index >= 15 is 0 Å². The molecule has 19 heavy (non-hydrogen) atoms. The molecule has 1 aliphatic heterocycles. The fourth-order valence-corrected chi connectivity index (χ4v) is 2.73. The van der Waals surface area contributed by atoms with E-state index in [9.17, 15) is 9.90 Å². The lowest BCUT2D eigenvalue weighted by molar-refractivity contribution is -0.0722. The van der Waals surface area contributed by atoms with Crippen LogP contribution in [0, 0.1) is 0 Å². The minimum Gasteiger partial charge on any atom is -0.489 e. The number of benzene rings is 1. The van der Waals surface area contributed by atoms with Gasteiger partial charge in [-0.3, -0.25) is 0 Å². The van der Waals surface area contributed by atoms with Crippen molar-refractivity contribution in [3.05, 3.63) is 28.2 Å². The van der Waals surface area contributed by atoms with Gasteiger partial charge >= 0.3 is 5.97 Å². The number of hydrogen-bond donors (Lipinski definition) is 1. The van der Waals surface area contributed by atoms with E-state index in [1.165, 1.54) is 0 Å². The molecule has 0 saturated carbocycles. The van der Waals surface area contributed by atoms with Gasteiger partial charge in [-0.2, -0.15) is 0 Å². The van der Waals surface area contributed by atoms with Crippen molar-refractivity contribution in [1.82, 2.24) is 0 Å². The van der Waals surface area contributed by atoms with Crippen LogP contribution in [0.5, 0.6) is 5.75 Å². The van der Waals surface area contributed by atoms with E-state index < -0.39 is 5.97 Å². The van der Waals surface area contributed by atoms with E-state index in [0.29, 0.717) is 5.75 Å². The number of ether oxygens (including phenoxy) is 2. The van der Waals surface area contributed by atoms with Crippen LogP contribution in [0.25, 0.3) is 0 Å². The van der Waals surface area contributed by atoms with Crippen molar-refractivity contribution in [2.75, 3.05) is 0 Å². The van der Waals surface area contributed by atoms with Gasteiger partial charge in [-0.1, -0.05) is 15.9 Å². The van der Waals surface area contributed by atoms with Gasteiger partial charge in [-0.15, -0.1) is 0 Å². The van der Waals surface area contributed by atoms with Gasteiger partial charge in [-0.25, -0.2) is 4.79 Å². The van der Waals surface area contributed by atoms with E-state index in [1.54, 1.807) is 18.2 Å². The van der Waals surface area contributed by atoms with Crippen LogP contribution in [-0.2, 0) is 4.74 Å². The normalized spacial score (nSPS) is 27.0. The van der Waals surface area contributed by atoms with Gasteiger partial charge in [0.1, 0.15) is 17.4 Å². The van der Waals surface area contributed by atoms with Crippen LogP contribution in [0.15, 0.2) is 22.7 Å². The van der Waals surface area contributed by atoms with Crippen molar-refractivity contribution in [2.45, 2.75) is 45.0 Å². The van der Waals surface area contributed by atoms with Gasteiger partial charge in [0.2, 0.25) is 0 Å². The maximum absolute atomic E-state index is 11.2. The van der Waals surface area contributed by atoms with Gasteiger partial charge in [0, 0.05) is 17.3 Å². The molecular formula is C14H17BrO4. The topological polar surface area (TPSA) is 55.8 Å². The molecule has 5 heteroatoms. The second kappa shape index (κ2) is 5.92. The Bertz CT molecular complexity index is 465. The molecule has 0 aliphatic carbocycles. The first-order valence-electron chi connectivity index (χ1n) is 6.30. The highest BCUT2D eigenvalue weighted by atomic mass is 79.9. The third kappa shape index (κ3) is 3.70. The van der Waals surface area contributed by atoms with Gasteiger partial charge in [0.15, 0.2) is 0 Å². The van der Waals surface area contributed by atoms with Crippen molar-refractivity contribution < 1.29 is 19.4 Å². The summed E-state index contributed by atoms with van der Waals surface area (Å²) in [4.78, 5) is 11.2. The number of carboxylic acids is 1. The zero-order valence-corrected chi connectivity index (χ0v) is 12.5. The molecule has 104 valence electrons. The Kier molecular flexibility index (Phi) is 4.47. The van der Waals surface area contributed by atoms with Crippen molar-refractivity contribution in [1.29, 1.82) is 0 Å². The number of carbonyl (C=O) groups is 1. The summed E-state index contributed by atoms with van der Waals surface area (Å²) in [6, 6.07) is 4.95. The predicted octanol–water partition coefficient (Wildman–Crippen LogP) is 3.48. The minimum atomic E-state index is -0.976. The summed E-state index contributed by atoms with van der Waals surface area (Å²) in [5, 5.41) is 9.17. The lowest BCUT2D eigenvalue weighted by atomic mass is 10.0. The van der Waals surface area contributed by atoms with Crippen molar-refractivity contribution >= 4 is 21.9 Å². The monoisotopic (exact) mass is 328 g/mol. The molecule has 0 aromatic heterocycles. The Hall–Kier alpha value is -1.07. The maximum atomic E-state index is 11.2. The van der Waals surface area contributed by atoms with Crippen LogP contribution in [0.4, 0.5) is 0 Å². The minimum absolute atomic E-state index is 0.00819. The quantitative estimate of drug-likeness (QED) is 0.922. The molecule has 1 fully saturated rings. The van der Waals surface area contributed by atoms with E-state index in [-0.39, 0.29) is 23.9 Å². The molecule has 0 bridgehead atoms. The first kappa shape index (κ1) is 14.3. The number of carboxylic acid groups (broad SMARTS) is 1. The molecule has 0 radical (unpaired) electrons. The van der Waals surface area contributed by atoms with Crippen molar-refractivity contribution in [2.24, 2.45) is 0 Å². The average Bonchev–Trinajstić information content (AvgIpc) is 2.26. The molecule has 0 spiro atoms. The van der Waals surface area contributed by atoms with Crippen LogP contribution in [-0.4, -0.2) is 29.4 Å². The zero-order valence-electron chi connectivity index (χ0n) is 10.9. The molecule has 1 N–H and O–H groups in total. The highest BCUT2D eigenvalue weighted by molar-refractivity contribution is 9.10. The van der Waals surface area contributed by atoms with Crippen LogP contribution >= 0.6 is 15.9 Å². The van der Waals surface area contributed by atoms with Crippen molar-refractivity contribution in [3.8, 4) is 5.75 Å². The first-order valence-corrected chi connectivity index (χ1v) is 7.10. The summed E-state index contributed by atoms with van der Waals surface area (Å²) >= 11 is 3.34. The molecule has 1 aromatic rings. The summed E-state index contributed by atoms with van der Waals surface area (Å²) in [5.41, 5.74) is 0.190. The molecule has 4 nitrogen and oxygen atoms in total. The lowest BCUT2D eigenvalue weighted by Gasteiger charge is -2.32. The van der Waals surface area contributed by atoms with Gasteiger partial charge in [0.05, 0.1) is 12.2 Å². The number of aromatic carboxylic acids is 1. The third-order valence-electron chi connectivity index (χ3n) is 3.12. The van der Waals surface area contributed by atoms with Gasteiger partial charge in [-0.05, 0) is 32.0 Å². The standard InChI is InChI=1S/C14H17BrO4/c1-8-5-11(6-9(2)18-8)19-13-7-10(15)3-4-12(13)14(16)17/h3-4,7-9,11H,5-6H2,1-2H3,(H,16,17). The van der Waals surface area contributed by atoms with Crippen molar-refractivity contribution in [3.63, 3.8) is 0 Å². The SMILES string of the molecule is CC1CC(Oc2cc(Br)ccc2C(=O)O)CC(C)O1. The van der Waals surface area contributed by atoms with Crippen LogP contribution in [0.2, 0.25) is 0 Å². The summed E-state index contributed by atoms with van der Waals surface area (Å²) in [6.07, 6.45) is 1.81. The molecule has 1 saturated heterocycles. The van der Waals surface area contributed by atoms with E-state index in [4.69, 9.17) is 9.47 Å². The second-order valence-electron chi connectivity index (χ2n) is 4.91. The number of hydrogen-bond acceptors (Lipinski definition) is 3. The smallest absolute Gasteiger partial charge is 0.339 e. The number of halogens is 1. The molecule has 2 atom stereocenters. The fourth-order valence-electron chi connectivity index (χ4n) is 2.39. The molecule has 1 aliphatic rings. The fraction of sp³-hybridized carbons (Fsp3) is 0.500. The lowest BCUT2D eigenvalue weighted by Crippen LogP contribution is -2.36. The molecule has 1 heterocycles. The van der Waals surface area contributed by atoms with E-state index in [1.807, 2.05) is 13.8 Å². The maximum Gasteiger partial charge on any atom is 0.339 e. The van der Waals surface area contributed by atoms with Crippen LogP contribution < -0.4 is 4.74 Å². The highest BCUT2D eigenvalue weighted by Crippen LogP contribution is 2.29. The summed E-state index contributed by atoms with van der Waals surface area (Å²) in [6.45, 7) is 4.01. The second-order valence-corrected chi connectivity index (χ2v) is 5.83. The Balaban J connectivity index is 2.18. The Morgan fingerprint density at radius 2 is 2.00 bits per heavy atom. The predicted molar refractivity (Wildman–Crippen MR) is 74.8 cm³/mol. The summed E-state index contributed by atoms with van der Waals surface area (Å²) in [5.74, 6) is -0.566. The molecule has 2 rings (SSSR count). The Morgan fingerprint density at radius 1 is 1.37 bits per heavy atom. The van der Waals surface area contributed by atoms with Gasteiger partial charge in [0.25, 0.3) is 0 Å². The molecular weight excluding hydrogens is 312 g/mol. The average molecular weight is 329 g/mol. The van der Waals surface area contributed by atoms with Crippen LogP contribution in [0.1, 0.15) is 37.0 Å². The van der Waals surface area contributed by atoms with E-state index in [2.05, 4.69) is 15.9 Å². The third-order valence-corrected chi connectivity index (χ3v) is 3.62. The number of rotatable bonds is 3. The van der Waals surface area contributed by atoms with E-state index in [0.717, 1.165) is 17.3 Å². The summed E-state index contributed by atoms with van der Waals surface area (Å²) < 4.78 is 12.3. The Morgan fingerprint density at radius 3 is 2.58 bits per heavy atom. The largest absolute Gasteiger partial charge is 0.489 e.